The summed E-state index contributed by atoms with van der Waals surface area (Å²) in [5.74, 6) is 0. The fourth-order valence-corrected chi connectivity index (χ4v) is 5.44. The van der Waals surface area contributed by atoms with E-state index >= 15 is 0 Å². The van der Waals surface area contributed by atoms with Gasteiger partial charge in [-0.05, 0) is 24.3 Å². The van der Waals surface area contributed by atoms with Gasteiger partial charge in [0.15, 0.2) is 14.9 Å². The third-order valence-electron chi connectivity index (χ3n) is 2.52. The highest BCUT2D eigenvalue weighted by Crippen LogP contribution is 2.37. The van der Waals surface area contributed by atoms with Gasteiger partial charge in [0.1, 0.15) is 8.42 Å². The Morgan fingerprint density at radius 1 is 1.05 bits per heavy atom. The van der Waals surface area contributed by atoms with Crippen LogP contribution in [0.2, 0.25) is 0 Å². The smallest absolute Gasteiger partial charge is 0.244 e. The van der Waals surface area contributed by atoms with E-state index in [-0.39, 0.29) is 4.21 Å². The highest BCUT2D eigenvalue weighted by Gasteiger charge is 2.39. The Hall–Kier alpha value is -1.46. The third kappa shape index (κ3) is 3.15. The molecule has 0 aliphatic heterocycles. The summed E-state index contributed by atoms with van der Waals surface area (Å²) in [5.41, 5.74) is -1.40. The van der Waals surface area contributed by atoms with E-state index in [2.05, 4.69) is 4.98 Å². The molecule has 0 unspecified atom stereocenters. The van der Waals surface area contributed by atoms with Gasteiger partial charge in [-0.15, -0.1) is 11.3 Å². The zero-order chi connectivity index (χ0) is 16.8. The molecule has 0 spiro atoms. The molecule has 2 aromatic rings. The van der Waals surface area contributed by atoms with Gasteiger partial charge in [0, 0.05) is 12.5 Å². The maximum atomic E-state index is 12.9. The molecule has 0 N–H and O–H groups in total. The summed E-state index contributed by atoms with van der Waals surface area (Å²) in [6.07, 6.45) is -3.10. The first-order valence-corrected chi connectivity index (χ1v) is 9.70. The molecule has 11 heteroatoms. The molecular formula is C11H8F3NO4S3. The Balaban J connectivity index is 2.65. The lowest BCUT2D eigenvalue weighted by Crippen LogP contribution is -2.14. The minimum absolute atomic E-state index is 0.254. The van der Waals surface area contributed by atoms with Crippen LogP contribution in [0.25, 0.3) is 0 Å². The van der Waals surface area contributed by atoms with Crippen molar-refractivity contribution in [3.05, 3.63) is 36.0 Å². The first-order valence-electron chi connectivity index (χ1n) is 5.51. The molecule has 0 bridgehead atoms. The number of halogens is 3. The highest BCUT2D eigenvalue weighted by molar-refractivity contribution is 7.95. The van der Waals surface area contributed by atoms with Crippen LogP contribution in [-0.4, -0.2) is 28.1 Å². The van der Waals surface area contributed by atoms with Crippen LogP contribution in [-0.2, 0) is 25.9 Å². The molecule has 120 valence electrons. The number of rotatable bonds is 3. The average Bonchev–Trinajstić information content (AvgIpc) is 2.88. The SMILES string of the molecule is CS(=O)(=O)c1ccc(S(=O)(=O)c2ncccc2C(F)(F)F)s1. The van der Waals surface area contributed by atoms with E-state index in [1.165, 1.54) is 0 Å². The summed E-state index contributed by atoms with van der Waals surface area (Å²) in [4.78, 5) is 3.31. The molecule has 0 amide bonds. The Morgan fingerprint density at radius 3 is 2.14 bits per heavy atom. The molecule has 2 heterocycles. The van der Waals surface area contributed by atoms with Crippen LogP contribution in [0.1, 0.15) is 5.56 Å². The zero-order valence-corrected chi connectivity index (χ0v) is 13.3. The summed E-state index contributed by atoms with van der Waals surface area (Å²) < 4.78 is 85.2. The molecule has 0 fully saturated rings. The maximum Gasteiger partial charge on any atom is 0.419 e. The molecular weight excluding hydrogens is 363 g/mol. The lowest BCUT2D eigenvalue weighted by Gasteiger charge is -2.10. The van der Waals surface area contributed by atoms with Crippen molar-refractivity contribution in [1.82, 2.24) is 4.98 Å². The van der Waals surface area contributed by atoms with Gasteiger partial charge in [0.25, 0.3) is 0 Å². The quantitative estimate of drug-likeness (QED) is 0.828. The topological polar surface area (TPSA) is 81.2 Å². The number of hydrogen-bond acceptors (Lipinski definition) is 6. The van der Waals surface area contributed by atoms with Crippen LogP contribution in [0.3, 0.4) is 0 Å². The molecule has 0 aromatic carbocycles. The van der Waals surface area contributed by atoms with Gasteiger partial charge >= 0.3 is 6.18 Å². The van der Waals surface area contributed by atoms with Crippen molar-refractivity contribution in [3.63, 3.8) is 0 Å². The fourth-order valence-electron chi connectivity index (χ4n) is 1.56. The van der Waals surface area contributed by atoms with Crippen molar-refractivity contribution in [2.45, 2.75) is 19.6 Å². The number of sulfone groups is 2. The van der Waals surface area contributed by atoms with E-state index in [1.54, 1.807) is 0 Å². The average molecular weight is 371 g/mol. The zero-order valence-electron chi connectivity index (χ0n) is 10.8. The Labute approximate surface area is 128 Å². The highest BCUT2D eigenvalue weighted by atomic mass is 32.3. The van der Waals surface area contributed by atoms with E-state index < -0.39 is 40.6 Å². The normalized spacial score (nSPS) is 13.3. The Bertz CT molecular complexity index is 914. The molecule has 0 saturated carbocycles. The number of alkyl halides is 3. The number of thiophene rings is 1. The number of pyridine rings is 1. The molecule has 0 saturated heterocycles. The standard InChI is InChI=1S/C11H8F3NO4S3/c1-21(16,17)8-4-5-9(20-8)22(18,19)10-7(11(12,13)14)3-2-6-15-10/h2-6H,1H3. The fraction of sp³-hybridized carbons (Fsp3) is 0.182. The summed E-state index contributed by atoms with van der Waals surface area (Å²) in [6.45, 7) is 0. The molecule has 0 radical (unpaired) electrons. The first-order chi connectivity index (χ1) is 9.94. The van der Waals surface area contributed by atoms with E-state index in [9.17, 15) is 30.0 Å². The van der Waals surface area contributed by atoms with Gasteiger partial charge in [0.2, 0.25) is 9.84 Å². The molecule has 0 aliphatic carbocycles. The molecule has 22 heavy (non-hydrogen) atoms. The summed E-state index contributed by atoms with van der Waals surface area (Å²) in [5, 5.41) is -1.15. The van der Waals surface area contributed by atoms with Gasteiger partial charge < -0.3 is 0 Å². The summed E-state index contributed by atoms with van der Waals surface area (Å²) in [7, 11) is -8.22. The predicted molar refractivity (Wildman–Crippen MR) is 72.1 cm³/mol. The van der Waals surface area contributed by atoms with Crippen molar-refractivity contribution >= 4 is 31.0 Å². The monoisotopic (exact) mass is 371 g/mol. The second kappa shape index (κ2) is 5.32. The van der Waals surface area contributed by atoms with Crippen LogP contribution < -0.4 is 0 Å². The largest absolute Gasteiger partial charge is 0.419 e. The van der Waals surface area contributed by atoms with E-state index in [1.807, 2.05) is 0 Å². The molecule has 2 aromatic heterocycles. The van der Waals surface area contributed by atoms with E-state index in [0.717, 1.165) is 30.7 Å². The van der Waals surface area contributed by atoms with Crippen molar-refractivity contribution in [3.8, 4) is 0 Å². The summed E-state index contributed by atoms with van der Waals surface area (Å²) >= 11 is 0.378. The number of aromatic nitrogens is 1. The van der Waals surface area contributed by atoms with Crippen molar-refractivity contribution in [2.75, 3.05) is 6.26 Å². The van der Waals surface area contributed by atoms with Gasteiger partial charge in [-0.25, -0.2) is 21.8 Å². The van der Waals surface area contributed by atoms with Gasteiger partial charge in [-0.3, -0.25) is 0 Å². The van der Waals surface area contributed by atoms with Gasteiger partial charge in [-0.1, -0.05) is 0 Å². The second-order valence-corrected chi connectivity index (χ2v) is 9.62. The third-order valence-corrected chi connectivity index (χ3v) is 7.63. The first kappa shape index (κ1) is 16.9. The molecule has 5 nitrogen and oxygen atoms in total. The van der Waals surface area contributed by atoms with Crippen LogP contribution in [0.15, 0.2) is 43.9 Å². The minimum Gasteiger partial charge on any atom is -0.244 e. The number of hydrogen-bond donors (Lipinski definition) is 0. The lowest BCUT2D eigenvalue weighted by atomic mass is 10.3. The van der Waals surface area contributed by atoms with Crippen LogP contribution in [0.5, 0.6) is 0 Å². The molecule has 0 aliphatic rings. The Morgan fingerprint density at radius 2 is 1.64 bits per heavy atom. The van der Waals surface area contributed by atoms with Crippen molar-refractivity contribution in [2.24, 2.45) is 0 Å². The second-order valence-electron chi connectivity index (χ2n) is 4.20. The molecule has 0 atom stereocenters. The van der Waals surface area contributed by atoms with Crippen LogP contribution >= 0.6 is 11.3 Å². The van der Waals surface area contributed by atoms with Crippen molar-refractivity contribution < 1.29 is 30.0 Å². The van der Waals surface area contributed by atoms with Gasteiger partial charge in [0.05, 0.1) is 5.56 Å². The molecule has 2 rings (SSSR count). The van der Waals surface area contributed by atoms with Crippen molar-refractivity contribution in [1.29, 1.82) is 0 Å². The van der Waals surface area contributed by atoms with Crippen LogP contribution in [0, 0.1) is 0 Å². The maximum absolute atomic E-state index is 12.9. The summed E-state index contributed by atoms with van der Waals surface area (Å²) in [6, 6.07) is 3.55. The Kier molecular flexibility index (Phi) is 4.09. The lowest BCUT2D eigenvalue weighted by molar-refractivity contribution is -0.140. The predicted octanol–water partition coefficient (Wildman–Crippen LogP) is 2.40. The van der Waals surface area contributed by atoms with E-state index in [4.69, 9.17) is 0 Å². The minimum atomic E-state index is -4.90. The van der Waals surface area contributed by atoms with Crippen LogP contribution in [0.4, 0.5) is 13.2 Å². The van der Waals surface area contributed by atoms with E-state index in [0.29, 0.717) is 17.4 Å². The van der Waals surface area contributed by atoms with Gasteiger partial charge in [-0.2, -0.15) is 13.2 Å². The number of nitrogens with zero attached hydrogens (tertiary/aromatic N) is 1.